The number of nitrogens with one attached hydrogen (secondary N) is 1. The highest BCUT2D eigenvalue weighted by Crippen LogP contribution is 2.36. The fourth-order valence-electron chi connectivity index (χ4n) is 3.78. The Kier molecular flexibility index (Phi) is 7.49. The number of carbonyl (C=O) groups excluding carboxylic acids is 2. The van der Waals surface area contributed by atoms with Crippen molar-refractivity contribution in [1.29, 1.82) is 0 Å². The van der Waals surface area contributed by atoms with Crippen molar-refractivity contribution < 1.29 is 22.9 Å². The van der Waals surface area contributed by atoms with Crippen LogP contribution in [0.15, 0.2) is 76.5 Å². The van der Waals surface area contributed by atoms with Crippen LogP contribution in [0.5, 0.6) is 0 Å². The van der Waals surface area contributed by atoms with Crippen molar-refractivity contribution in [3.05, 3.63) is 89.2 Å². The molecule has 1 aliphatic rings. The first-order valence-corrected chi connectivity index (χ1v) is 12.2. The molecule has 0 saturated carbocycles. The van der Waals surface area contributed by atoms with E-state index in [4.69, 9.17) is 4.74 Å². The molecule has 8 heteroatoms. The largest absolute Gasteiger partial charge is 0.382 e. The smallest absolute Gasteiger partial charge is 0.259 e. The number of fused-ring (bicyclic) bond motifs is 2. The van der Waals surface area contributed by atoms with Crippen LogP contribution >= 0.6 is 0 Å². The molecule has 2 amide bonds. The van der Waals surface area contributed by atoms with Crippen molar-refractivity contribution in [3.8, 4) is 0 Å². The van der Waals surface area contributed by atoms with Gasteiger partial charge in [-0.25, -0.2) is 8.60 Å². The van der Waals surface area contributed by atoms with Gasteiger partial charge < -0.3 is 15.0 Å². The van der Waals surface area contributed by atoms with Gasteiger partial charge in [-0.15, -0.1) is 0 Å². The molecule has 0 saturated heterocycles. The molecule has 0 fully saturated rings. The number of rotatable bonds is 8. The van der Waals surface area contributed by atoms with Gasteiger partial charge in [0.05, 0.1) is 38.4 Å². The lowest BCUT2D eigenvalue weighted by molar-refractivity contribution is 0.0941. The van der Waals surface area contributed by atoms with E-state index in [2.05, 4.69) is 5.32 Å². The van der Waals surface area contributed by atoms with Crippen molar-refractivity contribution in [2.45, 2.75) is 29.7 Å². The first-order valence-electron chi connectivity index (χ1n) is 11.1. The summed E-state index contributed by atoms with van der Waals surface area (Å²) in [4.78, 5) is 28.5. The summed E-state index contributed by atoms with van der Waals surface area (Å²) in [5.74, 6) is -1.16. The predicted molar refractivity (Wildman–Crippen MR) is 128 cm³/mol. The van der Waals surface area contributed by atoms with E-state index < -0.39 is 22.5 Å². The van der Waals surface area contributed by atoms with Gasteiger partial charge in [0.15, 0.2) is 0 Å². The number of halogens is 1. The molecule has 1 aliphatic heterocycles. The van der Waals surface area contributed by atoms with Crippen molar-refractivity contribution in [2.24, 2.45) is 0 Å². The molecule has 1 atom stereocenters. The predicted octanol–water partition coefficient (Wildman–Crippen LogP) is 4.31. The van der Waals surface area contributed by atoms with Crippen molar-refractivity contribution in [3.63, 3.8) is 0 Å². The maximum atomic E-state index is 14.5. The summed E-state index contributed by atoms with van der Waals surface area (Å²) >= 11 is 0. The first kappa shape index (κ1) is 23.8. The third kappa shape index (κ3) is 4.93. The van der Waals surface area contributed by atoms with Crippen LogP contribution in [0.3, 0.4) is 0 Å². The molecule has 0 bridgehead atoms. The van der Waals surface area contributed by atoms with Gasteiger partial charge in [-0.2, -0.15) is 0 Å². The van der Waals surface area contributed by atoms with Gasteiger partial charge in [-0.3, -0.25) is 9.59 Å². The van der Waals surface area contributed by atoms with Gasteiger partial charge in [-0.1, -0.05) is 30.3 Å². The van der Waals surface area contributed by atoms with Crippen LogP contribution in [0.4, 0.5) is 10.1 Å². The van der Waals surface area contributed by atoms with Crippen LogP contribution in [-0.4, -0.2) is 35.8 Å². The molecule has 3 aromatic carbocycles. The van der Waals surface area contributed by atoms with Crippen LogP contribution in [0.25, 0.3) is 0 Å². The zero-order chi connectivity index (χ0) is 24.1. The number of benzene rings is 3. The Morgan fingerprint density at radius 1 is 1.06 bits per heavy atom. The minimum Gasteiger partial charge on any atom is -0.382 e. The van der Waals surface area contributed by atoms with Crippen molar-refractivity contribution in [2.75, 3.05) is 24.7 Å². The second kappa shape index (κ2) is 10.7. The summed E-state index contributed by atoms with van der Waals surface area (Å²) in [6, 6.07) is 17.6. The minimum absolute atomic E-state index is 0.0660. The number of carbonyl (C=O) groups is 2. The van der Waals surface area contributed by atoms with Crippen LogP contribution in [0, 0.1) is 5.82 Å². The standard InChI is InChI=1S/C26H25FN2O4S/c1-2-33-15-7-14-28-25(30)18-12-13-24-22(16-18)29(17-19-8-3-5-10-21(19)27)26(31)20-9-4-6-11-23(20)34(24)32/h3-6,8-13,16H,2,7,14-15,17H2,1H3,(H,28,30)/t34-/m0/s1. The van der Waals surface area contributed by atoms with Gasteiger partial charge in [0.2, 0.25) is 0 Å². The summed E-state index contributed by atoms with van der Waals surface area (Å²) in [7, 11) is -1.65. The number of hydrogen-bond donors (Lipinski definition) is 1. The average Bonchev–Trinajstić information content (AvgIpc) is 2.94. The topological polar surface area (TPSA) is 75.7 Å². The summed E-state index contributed by atoms with van der Waals surface area (Å²) in [6.45, 7) is 3.44. The summed E-state index contributed by atoms with van der Waals surface area (Å²) < 4.78 is 33.2. The lowest BCUT2D eigenvalue weighted by atomic mass is 10.1. The zero-order valence-corrected chi connectivity index (χ0v) is 19.6. The SMILES string of the molecule is CCOCCCNC(=O)c1ccc2c(c1)N(Cc1ccccc1F)C(=O)c1ccccc1[S@@]2=O. The number of amides is 2. The Morgan fingerprint density at radius 3 is 2.62 bits per heavy atom. The fourth-order valence-corrected chi connectivity index (χ4v) is 5.13. The third-order valence-corrected chi connectivity index (χ3v) is 7.02. The van der Waals surface area contributed by atoms with Gasteiger partial charge in [0.25, 0.3) is 11.8 Å². The normalized spacial score (nSPS) is 14.8. The monoisotopic (exact) mass is 480 g/mol. The third-order valence-electron chi connectivity index (χ3n) is 5.52. The minimum atomic E-state index is -1.65. The van der Waals surface area contributed by atoms with Crippen LogP contribution in [0.2, 0.25) is 0 Å². The van der Waals surface area contributed by atoms with Crippen LogP contribution < -0.4 is 10.2 Å². The Labute approximate surface area is 200 Å². The van der Waals surface area contributed by atoms with Crippen LogP contribution in [-0.2, 0) is 22.1 Å². The number of hydrogen-bond acceptors (Lipinski definition) is 4. The Bertz CT molecular complexity index is 1250. The molecule has 0 aliphatic carbocycles. The van der Waals surface area contributed by atoms with E-state index >= 15 is 0 Å². The molecule has 176 valence electrons. The van der Waals surface area contributed by atoms with E-state index in [9.17, 15) is 18.2 Å². The molecule has 0 aromatic heterocycles. The molecule has 34 heavy (non-hydrogen) atoms. The maximum absolute atomic E-state index is 14.5. The Hall–Kier alpha value is -3.36. The molecule has 0 spiro atoms. The molecule has 3 aromatic rings. The number of nitrogens with zero attached hydrogens (tertiary/aromatic N) is 1. The van der Waals surface area contributed by atoms with Crippen molar-refractivity contribution in [1.82, 2.24) is 5.32 Å². The quantitative estimate of drug-likeness (QED) is 0.488. The van der Waals surface area contributed by atoms with Crippen molar-refractivity contribution >= 4 is 28.3 Å². The number of anilines is 1. The summed E-state index contributed by atoms with van der Waals surface area (Å²) in [5.41, 5.74) is 1.25. The number of ether oxygens (including phenoxy) is 1. The molecule has 4 rings (SSSR count). The first-order chi connectivity index (χ1) is 16.5. The van der Waals surface area contributed by atoms with Gasteiger partial charge in [0, 0.05) is 30.9 Å². The van der Waals surface area contributed by atoms with E-state index in [0.717, 1.165) is 0 Å². The highest BCUT2D eigenvalue weighted by Gasteiger charge is 2.32. The van der Waals surface area contributed by atoms with Gasteiger partial charge in [-0.05, 0) is 49.7 Å². The summed E-state index contributed by atoms with van der Waals surface area (Å²) in [5, 5.41) is 2.84. The molecular formula is C26H25FN2O4S. The van der Waals surface area contributed by atoms with E-state index in [1.165, 1.54) is 11.0 Å². The highest BCUT2D eigenvalue weighted by atomic mass is 32.2. The molecule has 0 radical (unpaired) electrons. The molecule has 1 heterocycles. The highest BCUT2D eigenvalue weighted by molar-refractivity contribution is 7.85. The van der Waals surface area contributed by atoms with E-state index in [-0.39, 0.29) is 18.0 Å². The second-order valence-electron chi connectivity index (χ2n) is 7.74. The molecule has 6 nitrogen and oxygen atoms in total. The van der Waals surface area contributed by atoms with E-state index in [1.54, 1.807) is 60.7 Å². The fraction of sp³-hybridized carbons (Fsp3) is 0.231. The zero-order valence-electron chi connectivity index (χ0n) is 18.8. The lowest BCUT2D eigenvalue weighted by Crippen LogP contribution is -2.31. The summed E-state index contributed by atoms with van der Waals surface area (Å²) in [6.07, 6.45) is 0.668. The Balaban J connectivity index is 1.72. The maximum Gasteiger partial charge on any atom is 0.259 e. The van der Waals surface area contributed by atoms with Gasteiger partial charge >= 0.3 is 0 Å². The molecular weight excluding hydrogens is 455 g/mol. The van der Waals surface area contributed by atoms with Gasteiger partial charge in [0.1, 0.15) is 5.82 Å². The van der Waals surface area contributed by atoms with Crippen LogP contribution in [0.1, 0.15) is 39.6 Å². The van der Waals surface area contributed by atoms with E-state index in [1.807, 2.05) is 6.92 Å². The Morgan fingerprint density at radius 2 is 1.82 bits per heavy atom. The second-order valence-corrected chi connectivity index (χ2v) is 9.15. The average molecular weight is 481 g/mol. The molecule has 0 unspecified atom stereocenters. The lowest BCUT2D eigenvalue weighted by Gasteiger charge is -2.24. The van der Waals surface area contributed by atoms with E-state index in [0.29, 0.717) is 52.8 Å². The molecule has 1 N–H and O–H groups in total.